The Bertz CT molecular complexity index is 327. The summed E-state index contributed by atoms with van der Waals surface area (Å²) in [6.45, 7) is 4.48. The van der Waals surface area contributed by atoms with Crippen molar-refractivity contribution in [1.82, 2.24) is 0 Å². The predicted molar refractivity (Wildman–Crippen MR) is 65.6 cm³/mol. The number of rotatable bonds is 3. The molecule has 1 aromatic rings. The Balaban J connectivity index is 0.000000557. The number of carbonyl (C=O) groups is 1. The zero-order chi connectivity index (χ0) is 13.5. The fourth-order valence-corrected chi connectivity index (χ4v) is 1.49. The highest BCUT2D eigenvalue weighted by Gasteiger charge is 2.24. The van der Waals surface area contributed by atoms with Crippen LogP contribution in [0, 0.1) is 0 Å². The maximum absolute atomic E-state index is 10.00. The molecule has 0 radical (unpaired) electrons. The van der Waals surface area contributed by atoms with Crippen LogP contribution in [0.15, 0.2) is 30.3 Å². The smallest absolute Gasteiger partial charge is 0.300 e. The van der Waals surface area contributed by atoms with Crippen LogP contribution in [0.3, 0.4) is 0 Å². The van der Waals surface area contributed by atoms with E-state index in [1.165, 1.54) is 0 Å². The Labute approximate surface area is 102 Å². The quantitative estimate of drug-likeness (QED) is 0.752. The molecule has 0 amide bonds. The first-order valence-corrected chi connectivity index (χ1v) is 5.41. The molecule has 0 aliphatic rings. The van der Waals surface area contributed by atoms with Gasteiger partial charge in [-0.25, -0.2) is 0 Å². The molecule has 0 heterocycles. The predicted octanol–water partition coefficient (Wildman–Crippen LogP) is 1.76. The van der Waals surface area contributed by atoms with E-state index in [0.717, 1.165) is 12.5 Å². The topological polar surface area (TPSA) is 77.8 Å². The van der Waals surface area contributed by atoms with Gasteiger partial charge in [0.05, 0.1) is 11.7 Å². The lowest BCUT2D eigenvalue weighted by atomic mass is 9.90. The van der Waals surface area contributed by atoms with Crippen LogP contribution in [0.5, 0.6) is 0 Å². The molecule has 0 bridgehead atoms. The Kier molecular flexibility index (Phi) is 6.46. The van der Waals surface area contributed by atoms with E-state index in [2.05, 4.69) is 0 Å². The van der Waals surface area contributed by atoms with Gasteiger partial charge in [0.1, 0.15) is 0 Å². The molecule has 1 rings (SSSR count). The van der Waals surface area contributed by atoms with Gasteiger partial charge < -0.3 is 15.3 Å². The van der Waals surface area contributed by atoms with Crippen LogP contribution < -0.4 is 0 Å². The van der Waals surface area contributed by atoms with E-state index < -0.39 is 17.7 Å². The summed E-state index contributed by atoms with van der Waals surface area (Å²) in [6, 6.07) is 9.39. The second-order valence-electron chi connectivity index (χ2n) is 4.21. The van der Waals surface area contributed by atoms with Gasteiger partial charge in [0.25, 0.3) is 5.97 Å². The van der Waals surface area contributed by atoms with Gasteiger partial charge in [-0.3, -0.25) is 4.79 Å². The zero-order valence-corrected chi connectivity index (χ0v) is 10.4. The van der Waals surface area contributed by atoms with Crippen molar-refractivity contribution in [1.29, 1.82) is 0 Å². The van der Waals surface area contributed by atoms with E-state index in [1.807, 2.05) is 30.3 Å². The third-order valence-electron chi connectivity index (χ3n) is 2.09. The van der Waals surface area contributed by atoms with Crippen molar-refractivity contribution in [3.8, 4) is 0 Å². The van der Waals surface area contributed by atoms with Gasteiger partial charge in [0.2, 0.25) is 0 Å². The van der Waals surface area contributed by atoms with Gasteiger partial charge in [-0.1, -0.05) is 30.3 Å². The molecule has 0 saturated carbocycles. The molecule has 3 N–H and O–H groups in total. The number of benzene rings is 1. The average Bonchev–Trinajstić information content (AvgIpc) is 2.16. The molecule has 4 nitrogen and oxygen atoms in total. The second-order valence-corrected chi connectivity index (χ2v) is 4.21. The van der Waals surface area contributed by atoms with Crippen molar-refractivity contribution in [2.45, 2.75) is 38.9 Å². The molecule has 17 heavy (non-hydrogen) atoms. The van der Waals surface area contributed by atoms with E-state index in [1.54, 1.807) is 13.8 Å². The van der Waals surface area contributed by atoms with Crippen LogP contribution in [0.25, 0.3) is 0 Å². The van der Waals surface area contributed by atoms with Crippen LogP contribution in [-0.2, 0) is 10.4 Å². The number of hydrogen-bond acceptors (Lipinski definition) is 3. The number of aliphatic hydroxyl groups excluding tert-OH is 1. The molecule has 4 heteroatoms. The molecule has 2 unspecified atom stereocenters. The molecule has 0 aliphatic carbocycles. The molecule has 0 aromatic heterocycles. The minimum absolute atomic E-state index is 0.358. The van der Waals surface area contributed by atoms with E-state index >= 15 is 0 Å². The van der Waals surface area contributed by atoms with Crippen LogP contribution in [0.2, 0.25) is 0 Å². The maximum atomic E-state index is 10.00. The summed E-state index contributed by atoms with van der Waals surface area (Å²) in [5, 5.41) is 26.6. The molecule has 96 valence electrons. The van der Waals surface area contributed by atoms with E-state index in [9.17, 15) is 10.2 Å². The standard InChI is InChI=1S/C11H16O2.C2H4O2/c1-9(12)8-11(2,13)10-6-4-3-5-7-10;1-2(3)4/h3-7,9,12-13H,8H2,1-2H3;1H3,(H,3,4). The number of aliphatic hydroxyl groups is 2. The summed E-state index contributed by atoms with van der Waals surface area (Å²) in [6.07, 6.45) is -0.132. The lowest BCUT2D eigenvalue weighted by molar-refractivity contribution is -0.134. The highest BCUT2D eigenvalue weighted by Crippen LogP contribution is 2.25. The molecular formula is C13H20O4. The number of carboxylic acid groups (broad SMARTS) is 1. The first-order valence-electron chi connectivity index (χ1n) is 5.41. The van der Waals surface area contributed by atoms with Gasteiger partial charge in [0, 0.05) is 13.3 Å². The average molecular weight is 240 g/mol. The lowest BCUT2D eigenvalue weighted by Crippen LogP contribution is -2.25. The third kappa shape index (κ3) is 7.49. The normalized spacial score (nSPS) is 15.1. The highest BCUT2D eigenvalue weighted by molar-refractivity contribution is 5.62. The summed E-state index contributed by atoms with van der Waals surface area (Å²) in [5.41, 5.74) is -0.0917. The lowest BCUT2D eigenvalue weighted by Gasteiger charge is -2.25. The van der Waals surface area contributed by atoms with Crippen LogP contribution in [0.4, 0.5) is 0 Å². The van der Waals surface area contributed by atoms with Crippen LogP contribution in [-0.4, -0.2) is 27.4 Å². The summed E-state index contributed by atoms with van der Waals surface area (Å²) in [7, 11) is 0. The van der Waals surface area contributed by atoms with Crippen molar-refractivity contribution in [2.75, 3.05) is 0 Å². The molecule has 1 aromatic carbocycles. The summed E-state index contributed by atoms with van der Waals surface area (Å²) < 4.78 is 0. The number of aliphatic carboxylic acids is 1. The van der Waals surface area contributed by atoms with Gasteiger partial charge in [0.15, 0.2) is 0 Å². The maximum Gasteiger partial charge on any atom is 0.300 e. The Morgan fingerprint density at radius 3 is 2.12 bits per heavy atom. The van der Waals surface area contributed by atoms with E-state index in [0.29, 0.717) is 6.42 Å². The minimum Gasteiger partial charge on any atom is -0.481 e. The van der Waals surface area contributed by atoms with Crippen molar-refractivity contribution in [3.63, 3.8) is 0 Å². The van der Waals surface area contributed by atoms with Crippen LogP contribution in [0.1, 0.15) is 32.8 Å². The molecule has 2 atom stereocenters. The Hall–Kier alpha value is -1.39. The van der Waals surface area contributed by atoms with Crippen LogP contribution >= 0.6 is 0 Å². The SMILES string of the molecule is CC(=O)O.CC(O)CC(C)(O)c1ccccc1. The van der Waals surface area contributed by atoms with Crippen molar-refractivity contribution < 1.29 is 20.1 Å². The number of carboxylic acids is 1. The highest BCUT2D eigenvalue weighted by atomic mass is 16.4. The minimum atomic E-state index is -0.935. The van der Waals surface area contributed by atoms with Gasteiger partial charge in [-0.05, 0) is 19.4 Å². The van der Waals surface area contributed by atoms with E-state index in [4.69, 9.17) is 9.90 Å². The Morgan fingerprint density at radius 1 is 1.35 bits per heavy atom. The van der Waals surface area contributed by atoms with Crippen molar-refractivity contribution >= 4 is 5.97 Å². The van der Waals surface area contributed by atoms with Crippen molar-refractivity contribution in [3.05, 3.63) is 35.9 Å². The third-order valence-corrected chi connectivity index (χ3v) is 2.09. The number of hydrogen-bond donors (Lipinski definition) is 3. The zero-order valence-electron chi connectivity index (χ0n) is 10.4. The monoisotopic (exact) mass is 240 g/mol. The Morgan fingerprint density at radius 2 is 1.76 bits per heavy atom. The van der Waals surface area contributed by atoms with Gasteiger partial charge >= 0.3 is 0 Å². The first kappa shape index (κ1) is 15.6. The molecule has 0 saturated heterocycles. The first-order chi connectivity index (χ1) is 7.75. The van der Waals surface area contributed by atoms with Crippen molar-refractivity contribution in [2.24, 2.45) is 0 Å². The largest absolute Gasteiger partial charge is 0.481 e. The molecule has 0 spiro atoms. The summed E-state index contributed by atoms with van der Waals surface area (Å²) in [4.78, 5) is 9.00. The van der Waals surface area contributed by atoms with Gasteiger partial charge in [-0.2, -0.15) is 0 Å². The fourth-order valence-electron chi connectivity index (χ4n) is 1.49. The molecular weight excluding hydrogens is 220 g/mol. The molecule has 0 aliphatic heterocycles. The molecule has 0 fully saturated rings. The van der Waals surface area contributed by atoms with Gasteiger partial charge in [-0.15, -0.1) is 0 Å². The second kappa shape index (κ2) is 7.04. The van der Waals surface area contributed by atoms with E-state index in [-0.39, 0.29) is 0 Å². The summed E-state index contributed by atoms with van der Waals surface area (Å²) >= 11 is 0. The summed E-state index contributed by atoms with van der Waals surface area (Å²) in [5.74, 6) is -0.833. The fraction of sp³-hybridized carbons (Fsp3) is 0.462.